The summed E-state index contributed by atoms with van der Waals surface area (Å²) in [5.41, 5.74) is 1.68. The smallest absolute Gasteiger partial charge is 0.335 e. The number of hydrogen-bond donors (Lipinski definition) is 3. The Morgan fingerprint density at radius 3 is 1.96 bits per heavy atom. The first-order valence-electron chi connectivity index (χ1n) is 6.79. The highest BCUT2D eigenvalue weighted by molar-refractivity contribution is 5.99. The molecule has 6 heteroatoms. The van der Waals surface area contributed by atoms with E-state index >= 15 is 0 Å². The first-order chi connectivity index (χ1) is 10.8. The summed E-state index contributed by atoms with van der Waals surface area (Å²) in [6.07, 6.45) is 0. The maximum Gasteiger partial charge on any atom is 0.335 e. The van der Waals surface area contributed by atoms with Crippen LogP contribution in [-0.2, 0) is 4.79 Å². The highest BCUT2D eigenvalue weighted by atomic mass is 16.4. The zero-order valence-corrected chi connectivity index (χ0v) is 12.6. The van der Waals surface area contributed by atoms with Crippen molar-refractivity contribution in [2.75, 3.05) is 5.32 Å². The molecule has 6 nitrogen and oxygen atoms in total. The fourth-order valence-electron chi connectivity index (χ4n) is 2.30. The first-order valence-corrected chi connectivity index (χ1v) is 6.79. The molecule has 2 rings (SSSR count). The van der Waals surface area contributed by atoms with E-state index in [-0.39, 0.29) is 22.6 Å². The SMILES string of the molecule is CC(=O)Nc1cccc(-c2cc(C(=O)O)c(C)c(C(=O)O)c2)c1. The third kappa shape index (κ3) is 3.55. The van der Waals surface area contributed by atoms with Gasteiger partial charge in [0.1, 0.15) is 0 Å². The van der Waals surface area contributed by atoms with Gasteiger partial charge in [-0.1, -0.05) is 12.1 Å². The zero-order chi connectivity index (χ0) is 17.1. The number of carboxylic acid groups (broad SMARTS) is 2. The molecule has 118 valence electrons. The number of aromatic carboxylic acids is 2. The monoisotopic (exact) mass is 313 g/mol. The van der Waals surface area contributed by atoms with E-state index in [0.717, 1.165) is 0 Å². The number of carbonyl (C=O) groups is 3. The molecule has 3 N–H and O–H groups in total. The maximum absolute atomic E-state index is 11.3. The summed E-state index contributed by atoms with van der Waals surface area (Å²) in [5.74, 6) is -2.61. The topological polar surface area (TPSA) is 104 Å². The number of amides is 1. The number of carbonyl (C=O) groups excluding carboxylic acids is 1. The maximum atomic E-state index is 11.3. The molecular weight excluding hydrogens is 298 g/mol. The van der Waals surface area contributed by atoms with Crippen molar-refractivity contribution in [1.29, 1.82) is 0 Å². The second-order valence-electron chi connectivity index (χ2n) is 5.07. The molecule has 0 aliphatic heterocycles. The van der Waals surface area contributed by atoms with Crippen LogP contribution in [0.5, 0.6) is 0 Å². The number of anilines is 1. The lowest BCUT2D eigenvalue weighted by atomic mass is 9.95. The van der Waals surface area contributed by atoms with E-state index in [1.54, 1.807) is 24.3 Å². The Bertz CT molecular complexity index is 775. The summed E-state index contributed by atoms with van der Waals surface area (Å²) in [6, 6.07) is 9.61. The van der Waals surface area contributed by atoms with Gasteiger partial charge in [0.15, 0.2) is 0 Å². The molecule has 1 amide bonds. The summed E-state index contributed by atoms with van der Waals surface area (Å²) in [7, 11) is 0. The minimum atomic E-state index is -1.19. The van der Waals surface area contributed by atoms with Gasteiger partial charge in [0.2, 0.25) is 5.91 Å². The summed E-state index contributed by atoms with van der Waals surface area (Å²) >= 11 is 0. The molecule has 0 aliphatic carbocycles. The lowest BCUT2D eigenvalue weighted by Crippen LogP contribution is -2.08. The van der Waals surface area contributed by atoms with Gasteiger partial charge < -0.3 is 15.5 Å². The van der Waals surface area contributed by atoms with Crippen LogP contribution in [0.15, 0.2) is 36.4 Å². The summed E-state index contributed by atoms with van der Waals surface area (Å²) in [4.78, 5) is 33.8. The Kier molecular flexibility index (Phi) is 4.45. The zero-order valence-electron chi connectivity index (χ0n) is 12.6. The molecule has 0 saturated heterocycles. The Balaban J connectivity index is 2.61. The molecule has 0 unspecified atom stereocenters. The molecule has 0 aromatic heterocycles. The van der Waals surface area contributed by atoms with Crippen LogP contribution in [0.25, 0.3) is 11.1 Å². The fraction of sp³-hybridized carbons (Fsp3) is 0.118. The summed E-state index contributed by atoms with van der Waals surface area (Å²) in [6.45, 7) is 2.84. The molecule has 0 bridgehead atoms. The minimum absolute atomic E-state index is 0.0650. The van der Waals surface area contributed by atoms with E-state index in [4.69, 9.17) is 0 Å². The van der Waals surface area contributed by atoms with E-state index in [0.29, 0.717) is 16.8 Å². The van der Waals surface area contributed by atoms with Crippen LogP contribution in [0.2, 0.25) is 0 Å². The molecule has 0 spiro atoms. The normalized spacial score (nSPS) is 10.2. The molecule has 2 aromatic rings. The molecule has 0 atom stereocenters. The first kappa shape index (κ1) is 16.2. The van der Waals surface area contributed by atoms with E-state index in [1.165, 1.54) is 26.0 Å². The molecule has 2 aromatic carbocycles. The molecule has 0 radical (unpaired) electrons. The quantitative estimate of drug-likeness (QED) is 0.805. The number of hydrogen-bond acceptors (Lipinski definition) is 3. The van der Waals surface area contributed by atoms with Gasteiger partial charge in [-0.2, -0.15) is 0 Å². The Morgan fingerprint density at radius 1 is 0.913 bits per heavy atom. The average Bonchev–Trinajstić information content (AvgIpc) is 2.46. The van der Waals surface area contributed by atoms with E-state index in [9.17, 15) is 24.6 Å². The molecular formula is C17H15NO5. The average molecular weight is 313 g/mol. The van der Waals surface area contributed by atoms with Crippen molar-refractivity contribution in [3.63, 3.8) is 0 Å². The Hall–Kier alpha value is -3.15. The van der Waals surface area contributed by atoms with Crippen LogP contribution in [0, 0.1) is 6.92 Å². The Labute approximate surface area is 132 Å². The third-order valence-electron chi connectivity index (χ3n) is 3.38. The van der Waals surface area contributed by atoms with Crippen LogP contribution < -0.4 is 5.32 Å². The molecule has 0 heterocycles. The largest absolute Gasteiger partial charge is 0.478 e. The van der Waals surface area contributed by atoms with Crippen molar-refractivity contribution in [2.24, 2.45) is 0 Å². The van der Waals surface area contributed by atoms with Gasteiger partial charge in [0.05, 0.1) is 11.1 Å². The number of carboxylic acids is 2. The van der Waals surface area contributed by atoms with Crippen molar-refractivity contribution in [2.45, 2.75) is 13.8 Å². The van der Waals surface area contributed by atoms with E-state index in [2.05, 4.69) is 5.32 Å². The third-order valence-corrected chi connectivity index (χ3v) is 3.38. The van der Waals surface area contributed by atoms with E-state index < -0.39 is 11.9 Å². The molecule has 0 saturated carbocycles. The number of benzene rings is 2. The Morgan fingerprint density at radius 2 is 1.48 bits per heavy atom. The summed E-state index contributed by atoms with van der Waals surface area (Å²) < 4.78 is 0. The molecule has 23 heavy (non-hydrogen) atoms. The number of nitrogens with one attached hydrogen (secondary N) is 1. The second kappa shape index (κ2) is 6.31. The van der Waals surface area contributed by atoms with Crippen LogP contribution in [0.3, 0.4) is 0 Å². The lowest BCUT2D eigenvalue weighted by Gasteiger charge is -2.11. The molecule has 0 fully saturated rings. The number of rotatable bonds is 4. The highest BCUT2D eigenvalue weighted by Gasteiger charge is 2.17. The van der Waals surface area contributed by atoms with Crippen molar-refractivity contribution in [1.82, 2.24) is 0 Å². The highest BCUT2D eigenvalue weighted by Crippen LogP contribution is 2.27. The van der Waals surface area contributed by atoms with Crippen LogP contribution in [0.4, 0.5) is 5.69 Å². The van der Waals surface area contributed by atoms with Gasteiger partial charge in [-0.05, 0) is 47.9 Å². The van der Waals surface area contributed by atoms with Gasteiger partial charge in [-0.25, -0.2) is 9.59 Å². The van der Waals surface area contributed by atoms with Gasteiger partial charge in [0, 0.05) is 12.6 Å². The van der Waals surface area contributed by atoms with Gasteiger partial charge in [-0.3, -0.25) is 4.79 Å². The van der Waals surface area contributed by atoms with Crippen LogP contribution in [0.1, 0.15) is 33.2 Å². The fourth-order valence-corrected chi connectivity index (χ4v) is 2.30. The lowest BCUT2D eigenvalue weighted by molar-refractivity contribution is -0.114. The standard InChI is InChI=1S/C17H15NO5/c1-9-14(16(20)21)7-12(8-15(9)17(22)23)11-4-3-5-13(6-11)18-10(2)19/h3-8H,1-2H3,(H,18,19)(H,20,21)(H,22,23). The van der Waals surface area contributed by atoms with Gasteiger partial charge in [-0.15, -0.1) is 0 Å². The van der Waals surface area contributed by atoms with Crippen molar-refractivity contribution in [3.05, 3.63) is 53.1 Å². The van der Waals surface area contributed by atoms with E-state index in [1.807, 2.05) is 0 Å². The summed E-state index contributed by atoms with van der Waals surface area (Å²) in [5, 5.41) is 21.2. The van der Waals surface area contributed by atoms with Crippen molar-refractivity contribution < 1.29 is 24.6 Å². The van der Waals surface area contributed by atoms with Gasteiger partial charge >= 0.3 is 11.9 Å². The predicted octanol–water partition coefficient (Wildman–Crippen LogP) is 3.02. The van der Waals surface area contributed by atoms with Crippen LogP contribution >= 0.6 is 0 Å². The van der Waals surface area contributed by atoms with Gasteiger partial charge in [0.25, 0.3) is 0 Å². The van der Waals surface area contributed by atoms with Crippen LogP contribution in [-0.4, -0.2) is 28.1 Å². The van der Waals surface area contributed by atoms with Crippen molar-refractivity contribution >= 4 is 23.5 Å². The minimum Gasteiger partial charge on any atom is -0.478 e. The second-order valence-corrected chi connectivity index (χ2v) is 5.07. The van der Waals surface area contributed by atoms with Crippen molar-refractivity contribution in [3.8, 4) is 11.1 Å². The molecule has 0 aliphatic rings. The predicted molar refractivity (Wildman–Crippen MR) is 84.8 cm³/mol.